The van der Waals surface area contributed by atoms with E-state index in [0.717, 1.165) is 18.4 Å². The summed E-state index contributed by atoms with van der Waals surface area (Å²) in [4.78, 5) is 27.9. The summed E-state index contributed by atoms with van der Waals surface area (Å²) >= 11 is 0. The standard InChI is InChI=1S/C23H24N2O3/c1-3-5-8-19-21(17-13-11-16(15-24)12-14-17)25(23(27)28-4-2)20-10-7-6-9-18(20)22(19)26/h6-7,9-14,19,21H,3-5,8H2,1-2H3/t19-,21-/m0/s1. The number of ketones is 1. The molecule has 1 amide bonds. The van der Waals surface area contributed by atoms with Gasteiger partial charge in [-0.3, -0.25) is 9.69 Å². The molecular formula is C23H24N2O3. The summed E-state index contributed by atoms with van der Waals surface area (Å²) in [5.74, 6) is -0.300. The van der Waals surface area contributed by atoms with E-state index < -0.39 is 12.1 Å². The summed E-state index contributed by atoms with van der Waals surface area (Å²) in [5.41, 5.74) is 2.50. The number of fused-ring (bicyclic) bond motifs is 1. The van der Waals surface area contributed by atoms with Gasteiger partial charge >= 0.3 is 6.09 Å². The quantitative estimate of drug-likeness (QED) is 0.713. The topological polar surface area (TPSA) is 70.4 Å². The lowest BCUT2D eigenvalue weighted by Gasteiger charge is -2.41. The van der Waals surface area contributed by atoms with Crippen LogP contribution in [0.4, 0.5) is 10.5 Å². The zero-order valence-electron chi connectivity index (χ0n) is 16.2. The molecule has 0 radical (unpaired) electrons. The molecule has 0 aliphatic carbocycles. The number of carbonyl (C=O) groups excluding carboxylic acids is 2. The second-order valence-corrected chi connectivity index (χ2v) is 6.88. The van der Waals surface area contributed by atoms with Gasteiger partial charge in [0.25, 0.3) is 0 Å². The molecule has 5 nitrogen and oxygen atoms in total. The first kappa shape index (κ1) is 19.6. The van der Waals surface area contributed by atoms with Gasteiger partial charge in [-0.1, -0.05) is 44.0 Å². The van der Waals surface area contributed by atoms with Crippen molar-refractivity contribution < 1.29 is 14.3 Å². The highest BCUT2D eigenvalue weighted by molar-refractivity contribution is 6.09. The first-order valence-corrected chi connectivity index (χ1v) is 9.71. The fourth-order valence-electron chi connectivity index (χ4n) is 3.82. The van der Waals surface area contributed by atoms with Crippen molar-refractivity contribution in [1.82, 2.24) is 0 Å². The van der Waals surface area contributed by atoms with Crippen molar-refractivity contribution in [2.75, 3.05) is 11.5 Å². The van der Waals surface area contributed by atoms with Crippen molar-refractivity contribution in [1.29, 1.82) is 5.26 Å². The minimum Gasteiger partial charge on any atom is -0.449 e. The SMILES string of the molecule is CCCC[C@@H]1C(=O)c2ccccc2N(C(=O)OCC)[C@H]1c1ccc(C#N)cc1. The molecule has 2 atom stereocenters. The average molecular weight is 376 g/mol. The van der Waals surface area contributed by atoms with Crippen LogP contribution in [0.1, 0.15) is 60.6 Å². The summed E-state index contributed by atoms with van der Waals surface area (Å²) < 4.78 is 5.35. The van der Waals surface area contributed by atoms with Crippen molar-refractivity contribution in [2.24, 2.45) is 5.92 Å². The third kappa shape index (κ3) is 3.63. The maximum atomic E-state index is 13.3. The van der Waals surface area contributed by atoms with Crippen LogP contribution in [0.2, 0.25) is 0 Å². The maximum Gasteiger partial charge on any atom is 0.414 e. The molecule has 1 aliphatic rings. The monoisotopic (exact) mass is 376 g/mol. The lowest BCUT2D eigenvalue weighted by atomic mass is 9.78. The number of amides is 1. The smallest absolute Gasteiger partial charge is 0.414 e. The van der Waals surface area contributed by atoms with E-state index in [0.29, 0.717) is 23.2 Å². The van der Waals surface area contributed by atoms with Gasteiger partial charge in [-0.05, 0) is 43.2 Å². The van der Waals surface area contributed by atoms with Crippen LogP contribution in [0.25, 0.3) is 0 Å². The molecule has 0 N–H and O–H groups in total. The minimum atomic E-state index is -0.460. The van der Waals surface area contributed by atoms with Gasteiger partial charge in [0, 0.05) is 11.5 Å². The number of hydrogen-bond acceptors (Lipinski definition) is 4. The summed E-state index contributed by atoms with van der Waals surface area (Å²) in [6, 6.07) is 16.0. The van der Waals surface area contributed by atoms with Crippen molar-refractivity contribution in [3.05, 3.63) is 65.2 Å². The molecule has 0 saturated carbocycles. The Labute approximate surface area is 165 Å². The maximum absolute atomic E-state index is 13.3. The van der Waals surface area contributed by atoms with E-state index in [1.165, 1.54) is 0 Å². The Balaban J connectivity index is 2.16. The van der Waals surface area contributed by atoms with Crippen molar-refractivity contribution in [2.45, 2.75) is 39.2 Å². The molecule has 0 unspecified atom stereocenters. The number of Topliss-reactive ketones (excluding diaryl/α,β-unsaturated/α-hetero) is 1. The largest absolute Gasteiger partial charge is 0.449 e. The zero-order valence-corrected chi connectivity index (χ0v) is 16.2. The fourth-order valence-corrected chi connectivity index (χ4v) is 3.82. The van der Waals surface area contributed by atoms with Crippen LogP contribution in [0, 0.1) is 17.2 Å². The summed E-state index contributed by atoms with van der Waals surface area (Å²) in [6.07, 6.45) is 2.08. The lowest BCUT2D eigenvalue weighted by Crippen LogP contribution is -2.46. The van der Waals surface area contributed by atoms with Gasteiger partial charge in [0.15, 0.2) is 5.78 Å². The first-order valence-electron chi connectivity index (χ1n) is 9.71. The van der Waals surface area contributed by atoms with E-state index in [1.54, 1.807) is 36.1 Å². The number of ether oxygens (including phenoxy) is 1. The predicted octanol–water partition coefficient (Wildman–Crippen LogP) is 5.27. The number of unbranched alkanes of at least 4 members (excludes halogenated alkanes) is 1. The van der Waals surface area contributed by atoms with Gasteiger partial charge in [-0.25, -0.2) is 4.79 Å². The first-order chi connectivity index (χ1) is 13.6. The summed E-state index contributed by atoms with van der Waals surface area (Å²) in [6.45, 7) is 4.11. The molecule has 0 fully saturated rings. The van der Waals surface area contributed by atoms with Gasteiger partial charge in [-0.15, -0.1) is 0 Å². The molecule has 144 valence electrons. The van der Waals surface area contributed by atoms with E-state index in [4.69, 9.17) is 10.00 Å². The third-order valence-electron chi connectivity index (χ3n) is 5.14. The average Bonchev–Trinajstić information content (AvgIpc) is 2.73. The van der Waals surface area contributed by atoms with Crippen molar-refractivity contribution in [3.63, 3.8) is 0 Å². The van der Waals surface area contributed by atoms with E-state index in [9.17, 15) is 9.59 Å². The number of hydrogen-bond donors (Lipinski definition) is 0. The number of para-hydroxylation sites is 1. The Morgan fingerprint density at radius 2 is 1.86 bits per heavy atom. The highest BCUT2D eigenvalue weighted by Crippen LogP contribution is 2.44. The Kier molecular flexibility index (Phi) is 6.10. The van der Waals surface area contributed by atoms with Crippen LogP contribution in [-0.2, 0) is 4.74 Å². The van der Waals surface area contributed by atoms with Crippen LogP contribution in [-0.4, -0.2) is 18.5 Å². The Morgan fingerprint density at radius 1 is 1.14 bits per heavy atom. The molecule has 0 saturated heterocycles. The van der Waals surface area contributed by atoms with Gasteiger partial charge in [0.05, 0.1) is 30.0 Å². The van der Waals surface area contributed by atoms with Gasteiger partial charge < -0.3 is 4.74 Å². The zero-order chi connectivity index (χ0) is 20.1. The number of nitrogens with zero attached hydrogens (tertiary/aromatic N) is 2. The molecule has 2 aromatic rings. The van der Waals surface area contributed by atoms with Gasteiger partial charge in [0.2, 0.25) is 0 Å². The molecule has 1 heterocycles. The number of carbonyl (C=O) groups is 2. The number of rotatable bonds is 5. The number of nitriles is 1. The van der Waals surface area contributed by atoms with Gasteiger partial charge in [0.1, 0.15) is 0 Å². The van der Waals surface area contributed by atoms with Crippen LogP contribution >= 0.6 is 0 Å². The third-order valence-corrected chi connectivity index (χ3v) is 5.14. The van der Waals surface area contributed by atoms with Gasteiger partial charge in [-0.2, -0.15) is 5.26 Å². The Morgan fingerprint density at radius 3 is 2.50 bits per heavy atom. The number of benzene rings is 2. The molecule has 3 rings (SSSR count). The van der Waals surface area contributed by atoms with E-state index in [2.05, 4.69) is 13.0 Å². The van der Waals surface area contributed by atoms with Crippen LogP contribution in [0.3, 0.4) is 0 Å². The normalized spacial score (nSPS) is 18.3. The number of anilines is 1. The molecule has 28 heavy (non-hydrogen) atoms. The molecule has 2 aromatic carbocycles. The van der Waals surface area contributed by atoms with Crippen LogP contribution in [0.15, 0.2) is 48.5 Å². The highest BCUT2D eigenvalue weighted by Gasteiger charge is 2.43. The van der Waals surface area contributed by atoms with E-state index in [-0.39, 0.29) is 18.3 Å². The molecule has 1 aliphatic heterocycles. The second-order valence-electron chi connectivity index (χ2n) is 6.88. The summed E-state index contributed by atoms with van der Waals surface area (Å²) in [5, 5.41) is 9.10. The predicted molar refractivity (Wildman–Crippen MR) is 107 cm³/mol. The van der Waals surface area contributed by atoms with Crippen LogP contribution < -0.4 is 4.90 Å². The molecule has 0 aromatic heterocycles. The van der Waals surface area contributed by atoms with E-state index in [1.807, 2.05) is 24.3 Å². The molecule has 5 heteroatoms. The van der Waals surface area contributed by atoms with Crippen molar-refractivity contribution in [3.8, 4) is 6.07 Å². The lowest BCUT2D eigenvalue weighted by molar-refractivity contribution is 0.0870. The highest BCUT2D eigenvalue weighted by atomic mass is 16.6. The second kappa shape index (κ2) is 8.71. The van der Waals surface area contributed by atoms with E-state index >= 15 is 0 Å². The Bertz CT molecular complexity index is 899. The Hall–Kier alpha value is -3.13. The van der Waals surface area contributed by atoms with Crippen LogP contribution in [0.5, 0.6) is 0 Å². The minimum absolute atomic E-state index is 0.0546. The van der Waals surface area contributed by atoms with Crippen molar-refractivity contribution >= 4 is 17.6 Å². The molecule has 0 bridgehead atoms. The molecular weight excluding hydrogens is 352 g/mol. The molecule has 0 spiro atoms. The summed E-state index contributed by atoms with van der Waals surface area (Å²) in [7, 11) is 0. The fraction of sp³-hybridized carbons (Fsp3) is 0.348.